The van der Waals surface area contributed by atoms with Crippen molar-refractivity contribution in [1.29, 1.82) is 0 Å². The molecule has 0 aromatic heterocycles. The number of esters is 2. The summed E-state index contributed by atoms with van der Waals surface area (Å²) in [7, 11) is -4.40. The standard InChI is InChI=1S/C85H148NO8P/c1-3-5-7-9-11-13-15-17-19-21-23-25-27-29-31-33-35-37-38-39-40-41-42-43-44-46-48-50-52-54-56-58-60-62-64-66-68-70-72-74-76-78-85(88)94-83(82-93-95(89,90)92-80-79-86)81-91-84(87)77-75-73-71-69-67-65-63-61-59-57-55-53-51-49-47-45-36-34-32-30-28-26-24-22-20-18-16-14-12-10-8-6-4-2/h5,7,11,13,16-19,22-25,29,31,35,37,39-40,42-43,46,48,83H,3-4,6,8-10,12,14-15,20-21,26-28,30,32-34,36,38,41,44-45,47,49-82,86H2,1-2H3,(H,89,90)/b7-5-,13-11-,18-16-,19-17-,24-22-,25-23-,31-29-,37-35-,40-39-,43-42-,48-46-. The average molecular weight is 1340 g/mol. The molecule has 0 radical (unpaired) electrons. The lowest BCUT2D eigenvalue weighted by molar-refractivity contribution is -0.161. The molecule has 0 saturated carbocycles. The highest BCUT2D eigenvalue weighted by Gasteiger charge is 2.26. The summed E-state index contributed by atoms with van der Waals surface area (Å²) in [5.74, 6) is -0.819. The SMILES string of the molecule is CC/C=C\C/C=C\C/C=C\C/C=C\C/C=C\C/C=C\C/C=C\C/C=C\C/C=C\CCCCCCCCCCCCCCCC(=O)OC(COC(=O)CCCCCCCCCCCCCCCCCCCCCCC/C=C\C/C=C\CCCCCCC)COP(=O)(O)OCCN. The predicted octanol–water partition coefficient (Wildman–Crippen LogP) is 26.8. The van der Waals surface area contributed by atoms with E-state index in [4.69, 9.17) is 24.3 Å². The molecule has 0 rings (SSSR count). The third-order valence-electron chi connectivity index (χ3n) is 17.0. The van der Waals surface area contributed by atoms with Crippen LogP contribution in [0.3, 0.4) is 0 Å². The fourth-order valence-electron chi connectivity index (χ4n) is 11.2. The second-order valence-electron chi connectivity index (χ2n) is 26.2. The van der Waals surface area contributed by atoms with Gasteiger partial charge in [0.25, 0.3) is 0 Å². The van der Waals surface area contributed by atoms with Crippen molar-refractivity contribution in [3.05, 3.63) is 134 Å². The van der Waals surface area contributed by atoms with Crippen LogP contribution in [-0.2, 0) is 32.7 Å². The molecule has 2 unspecified atom stereocenters. The van der Waals surface area contributed by atoms with Crippen LogP contribution in [0.2, 0.25) is 0 Å². The van der Waals surface area contributed by atoms with Crippen molar-refractivity contribution in [2.75, 3.05) is 26.4 Å². The Hall–Kier alpha value is -3.85. The van der Waals surface area contributed by atoms with Gasteiger partial charge in [-0.2, -0.15) is 0 Å². The van der Waals surface area contributed by atoms with E-state index in [1.54, 1.807) is 0 Å². The second-order valence-corrected chi connectivity index (χ2v) is 27.7. The van der Waals surface area contributed by atoms with Gasteiger partial charge in [-0.15, -0.1) is 0 Å². The molecule has 0 spiro atoms. The molecule has 0 aliphatic heterocycles. The number of carbonyl (C=O) groups is 2. The van der Waals surface area contributed by atoms with Crippen LogP contribution in [0.25, 0.3) is 0 Å². The first-order valence-electron chi connectivity index (χ1n) is 39.7. The van der Waals surface area contributed by atoms with E-state index in [1.807, 2.05) is 0 Å². The lowest BCUT2D eigenvalue weighted by Crippen LogP contribution is -2.29. The van der Waals surface area contributed by atoms with Crippen molar-refractivity contribution >= 4 is 19.8 Å². The van der Waals surface area contributed by atoms with Gasteiger partial charge in [0.2, 0.25) is 0 Å². The molecule has 0 aromatic carbocycles. The summed E-state index contributed by atoms with van der Waals surface area (Å²) in [5, 5.41) is 0. The average Bonchev–Trinajstić information content (AvgIpc) is 2.75. The topological polar surface area (TPSA) is 134 Å². The zero-order chi connectivity index (χ0) is 68.6. The first-order valence-corrected chi connectivity index (χ1v) is 41.2. The summed E-state index contributed by atoms with van der Waals surface area (Å²) >= 11 is 0. The van der Waals surface area contributed by atoms with Crippen LogP contribution < -0.4 is 5.73 Å². The van der Waals surface area contributed by atoms with Crippen LogP contribution in [-0.4, -0.2) is 49.3 Å². The maximum Gasteiger partial charge on any atom is 0.472 e. The molecule has 0 amide bonds. The minimum absolute atomic E-state index is 0.0501. The molecule has 10 heteroatoms. The third kappa shape index (κ3) is 79.0. The Bertz CT molecular complexity index is 2030. The summed E-state index contributed by atoms with van der Waals surface area (Å²) in [6.07, 6.45) is 113. The number of hydrogen-bond donors (Lipinski definition) is 2. The van der Waals surface area contributed by atoms with E-state index in [2.05, 4.69) is 148 Å². The number of ether oxygens (including phenoxy) is 2. The fraction of sp³-hybridized carbons (Fsp3) is 0.718. The molecule has 0 bridgehead atoms. The number of rotatable bonds is 74. The smallest absolute Gasteiger partial charge is 0.462 e. The minimum Gasteiger partial charge on any atom is -0.462 e. The molecule has 3 N–H and O–H groups in total. The Morgan fingerprint density at radius 2 is 0.579 bits per heavy atom. The van der Waals surface area contributed by atoms with Gasteiger partial charge in [-0.1, -0.05) is 366 Å². The highest BCUT2D eigenvalue weighted by molar-refractivity contribution is 7.47. The Kier molecular flexibility index (Phi) is 75.9. The van der Waals surface area contributed by atoms with E-state index in [9.17, 15) is 19.0 Å². The monoisotopic (exact) mass is 1340 g/mol. The quantitative estimate of drug-likeness (QED) is 0.0264. The number of carbonyl (C=O) groups excluding carboxylic acids is 2. The van der Waals surface area contributed by atoms with E-state index >= 15 is 0 Å². The highest BCUT2D eigenvalue weighted by Crippen LogP contribution is 2.43. The number of unbranched alkanes of at least 4 members (excludes halogenated alkanes) is 39. The van der Waals surface area contributed by atoms with Gasteiger partial charge in [0, 0.05) is 19.4 Å². The molecule has 546 valence electrons. The molecule has 0 heterocycles. The zero-order valence-corrected chi connectivity index (χ0v) is 62.5. The van der Waals surface area contributed by atoms with E-state index < -0.39 is 26.5 Å². The van der Waals surface area contributed by atoms with Crippen LogP contribution in [0.4, 0.5) is 0 Å². The molecule has 2 atom stereocenters. The van der Waals surface area contributed by atoms with Gasteiger partial charge in [-0.05, 0) is 116 Å². The largest absolute Gasteiger partial charge is 0.472 e. The van der Waals surface area contributed by atoms with E-state index in [0.717, 1.165) is 103 Å². The Morgan fingerprint density at radius 3 is 0.863 bits per heavy atom. The van der Waals surface area contributed by atoms with Gasteiger partial charge in [0.1, 0.15) is 6.61 Å². The van der Waals surface area contributed by atoms with Crippen LogP contribution in [0.1, 0.15) is 361 Å². The van der Waals surface area contributed by atoms with Gasteiger partial charge < -0.3 is 20.1 Å². The van der Waals surface area contributed by atoms with Gasteiger partial charge >= 0.3 is 19.8 Å². The molecule has 0 aromatic rings. The van der Waals surface area contributed by atoms with Crippen molar-refractivity contribution in [3.8, 4) is 0 Å². The van der Waals surface area contributed by atoms with E-state index in [1.165, 1.54) is 225 Å². The molecule has 0 saturated heterocycles. The van der Waals surface area contributed by atoms with Crippen molar-refractivity contribution < 1.29 is 37.6 Å². The summed E-state index contributed by atoms with van der Waals surface area (Å²) in [5.41, 5.74) is 5.41. The van der Waals surface area contributed by atoms with Gasteiger partial charge in [-0.3, -0.25) is 18.6 Å². The number of allylic oxidation sites excluding steroid dienone is 22. The van der Waals surface area contributed by atoms with Gasteiger partial charge in [0.05, 0.1) is 13.2 Å². The maximum atomic E-state index is 12.8. The minimum atomic E-state index is -4.40. The van der Waals surface area contributed by atoms with Crippen LogP contribution in [0.5, 0.6) is 0 Å². The zero-order valence-electron chi connectivity index (χ0n) is 61.6. The van der Waals surface area contributed by atoms with E-state index in [0.29, 0.717) is 6.42 Å². The predicted molar refractivity (Wildman–Crippen MR) is 413 cm³/mol. The highest BCUT2D eigenvalue weighted by atomic mass is 31.2. The Morgan fingerprint density at radius 1 is 0.326 bits per heavy atom. The molecular formula is C85H148NO8P. The molecule has 0 aliphatic carbocycles. The van der Waals surface area contributed by atoms with Gasteiger partial charge in [0.15, 0.2) is 6.10 Å². The molecule has 0 aliphatic rings. The number of hydrogen-bond acceptors (Lipinski definition) is 8. The first kappa shape index (κ1) is 91.2. The summed E-state index contributed by atoms with van der Waals surface area (Å²) < 4.78 is 33.3. The van der Waals surface area contributed by atoms with Gasteiger partial charge in [-0.25, -0.2) is 4.57 Å². The van der Waals surface area contributed by atoms with Crippen molar-refractivity contribution in [2.45, 2.75) is 367 Å². The third-order valence-corrected chi connectivity index (χ3v) is 18.0. The number of phosphoric ester groups is 1. The summed E-state index contributed by atoms with van der Waals surface area (Å²) in [4.78, 5) is 35.5. The summed E-state index contributed by atoms with van der Waals surface area (Å²) in [6.45, 7) is 3.66. The van der Waals surface area contributed by atoms with Crippen LogP contribution >= 0.6 is 7.82 Å². The van der Waals surface area contributed by atoms with E-state index in [-0.39, 0.29) is 38.6 Å². The molecule has 0 fully saturated rings. The lowest BCUT2D eigenvalue weighted by Gasteiger charge is -2.19. The number of nitrogens with two attached hydrogens (primary N) is 1. The Balaban J connectivity index is 3.85. The number of phosphoric acid groups is 1. The fourth-order valence-corrected chi connectivity index (χ4v) is 12.0. The van der Waals surface area contributed by atoms with Crippen molar-refractivity contribution in [2.24, 2.45) is 5.73 Å². The van der Waals surface area contributed by atoms with Crippen molar-refractivity contribution in [3.63, 3.8) is 0 Å². The molecular weight excluding hydrogens is 1190 g/mol. The second kappa shape index (κ2) is 79.1. The lowest BCUT2D eigenvalue weighted by atomic mass is 10.0. The Labute approximate surface area is 586 Å². The molecule has 9 nitrogen and oxygen atoms in total. The molecule has 95 heavy (non-hydrogen) atoms. The normalized spacial score (nSPS) is 13.6. The summed E-state index contributed by atoms with van der Waals surface area (Å²) in [6, 6.07) is 0. The van der Waals surface area contributed by atoms with Crippen LogP contribution in [0, 0.1) is 0 Å². The maximum absolute atomic E-state index is 12.8. The first-order chi connectivity index (χ1) is 46.8. The van der Waals surface area contributed by atoms with Crippen molar-refractivity contribution in [1.82, 2.24) is 0 Å². The van der Waals surface area contributed by atoms with Crippen LogP contribution in [0.15, 0.2) is 134 Å².